The Kier molecular flexibility index (Phi) is 1.80. The summed E-state index contributed by atoms with van der Waals surface area (Å²) in [5.74, 6) is -0.115. The molecule has 0 bridgehead atoms. The second kappa shape index (κ2) is 3.17. The van der Waals surface area contributed by atoms with Gasteiger partial charge in [-0.15, -0.1) is 0 Å². The molecule has 78 valence electrons. The number of rotatable bonds is 0. The van der Waals surface area contributed by atoms with Crippen molar-refractivity contribution < 1.29 is 9.50 Å². The average Bonchev–Trinajstić information content (AvgIpc) is 2.27. The molecule has 3 heteroatoms. The van der Waals surface area contributed by atoms with Gasteiger partial charge in [0, 0.05) is 16.8 Å². The lowest BCUT2D eigenvalue weighted by Crippen LogP contribution is -1.84. The van der Waals surface area contributed by atoms with E-state index in [9.17, 15) is 9.50 Å². The molecule has 2 nitrogen and oxygen atoms in total. The van der Waals surface area contributed by atoms with Gasteiger partial charge in [0.1, 0.15) is 11.6 Å². The van der Waals surface area contributed by atoms with E-state index < -0.39 is 0 Å². The van der Waals surface area contributed by atoms with Crippen molar-refractivity contribution in [1.29, 1.82) is 0 Å². The first-order valence-electron chi connectivity index (χ1n) is 4.92. The highest BCUT2D eigenvalue weighted by Crippen LogP contribution is 2.26. The standard InChI is InChI=1S/C13H8FNO/c14-9-5-4-8-6-10-11(15-12(8)7-9)2-1-3-13(10)16/h1-7,16H. The van der Waals surface area contributed by atoms with Gasteiger partial charge in [-0.05, 0) is 30.3 Å². The number of halogens is 1. The summed E-state index contributed by atoms with van der Waals surface area (Å²) >= 11 is 0. The van der Waals surface area contributed by atoms with Crippen LogP contribution in [0.2, 0.25) is 0 Å². The summed E-state index contributed by atoms with van der Waals surface area (Å²) in [4.78, 5) is 4.30. The molecule has 0 aliphatic heterocycles. The van der Waals surface area contributed by atoms with E-state index in [1.807, 2.05) is 6.07 Å². The van der Waals surface area contributed by atoms with E-state index in [-0.39, 0.29) is 11.6 Å². The zero-order chi connectivity index (χ0) is 11.1. The number of aromatic hydroxyl groups is 1. The van der Waals surface area contributed by atoms with Crippen LogP contribution in [0.3, 0.4) is 0 Å². The molecule has 3 rings (SSSR count). The summed E-state index contributed by atoms with van der Waals surface area (Å²) in [6.45, 7) is 0. The fourth-order valence-corrected chi connectivity index (χ4v) is 1.81. The molecule has 0 fully saturated rings. The highest BCUT2D eigenvalue weighted by molar-refractivity contribution is 5.95. The van der Waals surface area contributed by atoms with E-state index in [4.69, 9.17) is 0 Å². The summed E-state index contributed by atoms with van der Waals surface area (Å²) in [5.41, 5.74) is 1.26. The molecule has 1 heterocycles. The molecule has 1 aromatic heterocycles. The number of benzene rings is 2. The van der Waals surface area contributed by atoms with Crippen LogP contribution in [0.25, 0.3) is 21.8 Å². The van der Waals surface area contributed by atoms with Crippen molar-refractivity contribution in [3.05, 3.63) is 48.3 Å². The van der Waals surface area contributed by atoms with Crippen LogP contribution in [0, 0.1) is 5.82 Å². The van der Waals surface area contributed by atoms with Gasteiger partial charge < -0.3 is 5.11 Å². The Morgan fingerprint density at radius 2 is 1.88 bits per heavy atom. The van der Waals surface area contributed by atoms with Crippen molar-refractivity contribution in [2.45, 2.75) is 0 Å². The van der Waals surface area contributed by atoms with E-state index in [0.717, 1.165) is 5.39 Å². The maximum atomic E-state index is 13.0. The van der Waals surface area contributed by atoms with Gasteiger partial charge in [0.25, 0.3) is 0 Å². The third-order valence-electron chi connectivity index (χ3n) is 2.59. The summed E-state index contributed by atoms with van der Waals surface area (Å²) in [7, 11) is 0. The molecule has 0 aliphatic rings. The first-order chi connectivity index (χ1) is 7.74. The Morgan fingerprint density at radius 1 is 1.00 bits per heavy atom. The number of phenolic OH excluding ortho intramolecular Hbond substituents is 1. The Hall–Kier alpha value is -2.16. The number of hydrogen-bond acceptors (Lipinski definition) is 2. The molecule has 0 radical (unpaired) electrons. The lowest BCUT2D eigenvalue weighted by atomic mass is 10.1. The van der Waals surface area contributed by atoms with Crippen molar-refractivity contribution in [2.75, 3.05) is 0 Å². The van der Waals surface area contributed by atoms with Crippen molar-refractivity contribution >= 4 is 21.8 Å². The predicted octanol–water partition coefficient (Wildman–Crippen LogP) is 3.23. The Balaban J connectivity index is 2.49. The second-order valence-electron chi connectivity index (χ2n) is 3.67. The summed E-state index contributed by atoms with van der Waals surface area (Å²) in [6, 6.07) is 11.4. The van der Waals surface area contributed by atoms with Crippen molar-refractivity contribution in [1.82, 2.24) is 4.98 Å². The van der Waals surface area contributed by atoms with Crippen molar-refractivity contribution in [2.24, 2.45) is 0 Å². The maximum Gasteiger partial charge on any atom is 0.125 e. The fraction of sp³-hybridized carbons (Fsp3) is 0. The minimum Gasteiger partial charge on any atom is -0.507 e. The molecular formula is C13H8FNO. The van der Waals surface area contributed by atoms with Crippen LogP contribution in [-0.2, 0) is 0 Å². The molecule has 0 spiro atoms. The zero-order valence-electron chi connectivity index (χ0n) is 8.31. The number of phenols is 1. The SMILES string of the molecule is Oc1cccc2nc3cc(F)ccc3cc12. The minimum absolute atomic E-state index is 0.191. The lowest BCUT2D eigenvalue weighted by molar-refractivity contribution is 0.481. The van der Waals surface area contributed by atoms with Gasteiger partial charge >= 0.3 is 0 Å². The van der Waals surface area contributed by atoms with E-state index in [1.165, 1.54) is 12.1 Å². The molecule has 0 aliphatic carbocycles. The van der Waals surface area contributed by atoms with Gasteiger partial charge in [-0.2, -0.15) is 0 Å². The first-order valence-corrected chi connectivity index (χ1v) is 4.92. The molecule has 16 heavy (non-hydrogen) atoms. The number of hydrogen-bond donors (Lipinski definition) is 1. The van der Waals surface area contributed by atoms with E-state index in [0.29, 0.717) is 16.4 Å². The number of nitrogens with zero attached hydrogens (tertiary/aromatic N) is 1. The number of fused-ring (bicyclic) bond motifs is 2. The Labute approximate surface area is 91.0 Å². The topological polar surface area (TPSA) is 33.1 Å². The van der Waals surface area contributed by atoms with Crippen LogP contribution in [0.4, 0.5) is 4.39 Å². The largest absolute Gasteiger partial charge is 0.507 e. The van der Waals surface area contributed by atoms with Crippen molar-refractivity contribution in [3.63, 3.8) is 0 Å². The molecule has 0 amide bonds. The molecule has 0 atom stereocenters. The average molecular weight is 213 g/mol. The minimum atomic E-state index is -0.306. The van der Waals surface area contributed by atoms with Crippen molar-refractivity contribution in [3.8, 4) is 5.75 Å². The van der Waals surface area contributed by atoms with Gasteiger partial charge in [-0.25, -0.2) is 9.37 Å². The molecule has 3 aromatic rings. The van der Waals surface area contributed by atoms with Gasteiger partial charge in [0.05, 0.1) is 11.0 Å². The molecule has 0 saturated carbocycles. The summed E-state index contributed by atoms with van der Waals surface area (Å²) in [6.07, 6.45) is 0. The molecule has 0 unspecified atom stereocenters. The van der Waals surface area contributed by atoms with E-state index >= 15 is 0 Å². The van der Waals surface area contributed by atoms with E-state index in [2.05, 4.69) is 4.98 Å². The third kappa shape index (κ3) is 1.29. The third-order valence-corrected chi connectivity index (χ3v) is 2.59. The monoisotopic (exact) mass is 213 g/mol. The molecule has 0 saturated heterocycles. The van der Waals surface area contributed by atoms with Crippen LogP contribution in [0.5, 0.6) is 5.75 Å². The Bertz CT molecular complexity index is 693. The van der Waals surface area contributed by atoms with Gasteiger partial charge in [-0.3, -0.25) is 0 Å². The van der Waals surface area contributed by atoms with Gasteiger partial charge in [-0.1, -0.05) is 6.07 Å². The lowest BCUT2D eigenvalue weighted by Gasteiger charge is -2.03. The van der Waals surface area contributed by atoms with Crippen LogP contribution in [-0.4, -0.2) is 10.1 Å². The summed E-state index contributed by atoms with van der Waals surface area (Å²) < 4.78 is 13.0. The second-order valence-corrected chi connectivity index (χ2v) is 3.67. The first kappa shape index (κ1) is 9.09. The van der Waals surface area contributed by atoms with Crippen LogP contribution < -0.4 is 0 Å². The highest BCUT2D eigenvalue weighted by Gasteiger charge is 2.03. The molecule has 1 N–H and O–H groups in total. The zero-order valence-corrected chi connectivity index (χ0v) is 8.31. The molecule has 2 aromatic carbocycles. The normalized spacial score (nSPS) is 11.1. The van der Waals surface area contributed by atoms with Gasteiger partial charge in [0.2, 0.25) is 0 Å². The number of aromatic nitrogens is 1. The Morgan fingerprint density at radius 3 is 2.75 bits per heavy atom. The number of pyridine rings is 1. The predicted molar refractivity (Wildman–Crippen MR) is 60.9 cm³/mol. The maximum absolute atomic E-state index is 13.0. The van der Waals surface area contributed by atoms with Crippen LogP contribution in [0.15, 0.2) is 42.5 Å². The highest BCUT2D eigenvalue weighted by atomic mass is 19.1. The van der Waals surface area contributed by atoms with Gasteiger partial charge in [0.15, 0.2) is 0 Å². The quantitative estimate of drug-likeness (QED) is 0.581. The van der Waals surface area contributed by atoms with E-state index in [1.54, 1.807) is 24.3 Å². The fourth-order valence-electron chi connectivity index (χ4n) is 1.81. The summed E-state index contributed by atoms with van der Waals surface area (Å²) in [5, 5.41) is 11.2. The van der Waals surface area contributed by atoms with Crippen LogP contribution >= 0.6 is 0 Å². The smallest absolute Gasteiger partial charge is 0.125 e. The van der Waals surface area contributed by atoms with Crippen LogP contribution in [0.1, 0.15) is 0 Å². The molecular weight excluding hydrogens is 205 g/mol.